The van der Waals surface area contributed by atoms with Crippen molar-refractivity contribution in [3.8, 4) is 0 Å². The number of benzene rings is 2. The zero-order valence-corrected chi connectivity index (χ0v) is 17.7. The van der Waals surface area contributed by atoms with E-state index < -0.39 is 0 Å². The molecule has 0 saturated carbocycles. The van der Waals surface area contributed by atoms with Gasteiger partial charge in [-0.3, -0.25) is 14.7 Å². The van der Waals surface area contributed by atoms with Crippen molar-refractivity contribution in [2.75, 3.05) is 26.2 Å². The number of likely N-dealkylation sites (tertiary alicyclic amines) is 2. The summed E-state index contributed by atoms with van der Waals surface area (Å²) in [6, 6.07) is 21.8. The predicted molar refractivity (Wildman–Crippen MR) is 121 cm³/mol. The largest absolute Gasteiger partial charge is 0.337 e. The van der Waals surface area contributed by atoms with Crippen LogP contribution in [0.25, 0.3) is 0 Å². The molecule has 1 atom stereocenters. The Hall–Kier alpha value is -3.05. The molecule has 0 N–H and O–H groups in total. The molecule has 0 bridgehead atoms. The molecule has 5 heteroatoms. The Labute approximate surface area is 183 Å². The zero-order valence-electron chi connectivity index (χ0n) is 17.7. The van der Waals surface area contributed by atoms with Crippen LogP contribution in [0.5, 0.6) is 0 Å². The van der Waals surface area contributed by atoms with Crippen molar-refractivity contribution in [3.05, 3.63) is 96.1 Å². The highest BCUT2D eigenvalue weighted by Crippen LogP contribution is 2.43. The Morgan fingerprint density at radius 3 is 2.23 bits per heavy atom. The van der Waals surface area contributed by atoms with Crippen molar-refractivity contribution in [2.24, 2.45) is 5.41 Å². The van der Waals surface area contributed by atoms with Gasteiger partial charge in [0.1, 0.15) is 5.69 Å². The molecule has 0 radical (unpaired) electrons. The molecule has 2 fully saturated rings. The number of carbonyl (C=O) groups excluding carboxylic acids is 1. The standard InChI is InChI=1S/C26H28N4O/c31-25(23-18-27-14-15-28-23)30-16-7-12-26(20-30)13-17-29(19-26)24(21-8-3-1-4-9-21)22-10-5-2-6-11-22/h1-6,8-11,14-15,18,24H,7,12-13,16-17,19-20H2/t26-/m0/s1. The van der Waals surface area contributed by atoms with Crippen LogP contribution in [0.1, 0.15) is 46.9 Å². The normalized spacial score (nSPS) is 21.6. The molecule has 1 amide bonds. The Balaban J connectivity index is 1.38. The highest BCUT2D eigenvalue weighted by Gasteiger charge is 2.44. The minimum atomic E-state index is 0.00768. The van der Waals surface area contributed by atoms with Crippen molar-refractivity contribution in [2.45, 2.75) is 25.3 Å². The third kappa shape index (κ3) is 4.10. The van der Waals surface area contributed by atoms with Crippen molar-refractivity contribution >= 4 is 5.91 Å². The monoisotopic (exact) mass is 412 g/mol. The average Bonchev–Trinajstić information content (AvgIpc) is 3.23. The number of nitrogens with zero attached hydrogens (tertiary/aromatic N) is 4. The summed E-state index contributed by atoms with van der Waals surface area (Å²) in [6.45, 7) is 3.65. The fraction of sp³-hybridized carbons (Fsp3) is 0.346. The summed E-state index contributed by atoms with van der Waals surface area (Å²) >= 11 is 0. The lowest BCUT2D eigenvalue weighted by Crippen LogP contribution is -2.47. The Bertz CT molecular complexity index is 972. The summed E-state index contributed by atoms with van der Waals surface area (Å²) in [6.07, 6.45) is 8.11. The van der Waals surface area contributed by atoms with Crippen LogP contribution >= 0.6 is 0 Å². The van der Waals surface area contributed by atoms with E-state index in [-0.39, 0.29) is 17.4 Å². The fourth-order valence-electron chi connectivity index (χ4n) is 5.36. The van der Waals surface area contributed by atoms with E-state index in [1.807, 2.05) is 4.90 Å². The second kappa shape index (κ2) is 8.60. The second-order valence-corrected chi connectivity index (χ2v) is 8.87. The van der Waals surface area contributed by atoms with Crippen LogP contribution in [0.15, 0.2) is 79.3 Å². The van der Waals surface area contributed by atoms with E-state index in [0.717, 1.165) is 39.0 Å². The van der Waals surface area contributed by atoms with Gasteiger partial charge in [0.15, 0.2) is 0 Å². The summed E-state index contributed by atoms with van der Waals surface area (Å²) in [5, 5.41) is 0. The highest BCUT2D eigenvalue weighted by atomic mass is 16.2. The van der Waals surface area contributed by atoms with Crippen molar-refractivity contribution in [3.63, 3.8) is 0 Å². The molecule has 158 valence electrons. The maximum Gasteiger partial charge on any atom is 0.274 e. The SMILES string of the molecule is O=C(c1cnccn1)N1CCC[C@@]2(CCN(C(c3ccccc3)c3ccccc3)C2)C1. The molecular formula is C26H28N4O. The van der Waals surface area contributed by atoms with Crippen LogP contribution in [-0.2, 0) is 0 Å². The average molecular weight is 413 g/mol. The molecule has 3 aromatic rings. The molecule has 3 heterocycles. The predicted octanol–water partition coefficient (Wildman–Crippen LogP) is 4.19. The van der Waals surface area contributed by atoms with E-state index in [4.69, 9.17) is 0 Å². The maximum atomic E-state index is 13.0. The van der Waals surface area contributed by atoms with Crippen LogP contribution in [0.2, 0.25) is 0 Å². The van der Waals surface area contributed by atoms with E-state index in [2.05, 4.69) is 75.5 Å². The van der Waals surface area contributed by atoms with Crippen LogP contribution in [0.4, 0.5) is 0 Å². The van der Waals surface area contributed by atoms with Crippen LogP contribution < -0.4 is 0 Å². The lowest BCUT2D eigenvalue weighted by Gasteiger charge is -2.41. The van der Waals surface area contributed by atoms with Gasteiger partial charge in [-0.15, -0.1) is 0 Å². The molecule has 0 aliphatic carbocycles. The fourth-order valence-corrected chi connectivity index (χ4v) is 5.36. The molecule has 2 aromatic carbocycles. The van der Waals surface area contributed by atoms with Gasteiger partial charge in [0.05, 0.1) is 12.2 Å². The Kier molecular flexibility index (Phi) is 5.51. The Morgan fingerprint density at radius 2 is 1.58 bits per heavy atom. The second-order valence-electron chi connectivity index (χ2n) is 8.87. The number of hydrogen-bond donors (Lipinski definition) is 0. The number of rotatable bonds is 4. The third-order valence-corrected chi connectivity index (χ3v) is 6.79. The molecule has 31 heavy (non-hydrogen) atoms. The van der Waals surface area contributed by atoms with Crippen LogP contribution in [0.3, 0.4) is 0 Å². The number of hydrogen-bond acceptors (Lipinski definition) is 4. The molecule has 5 rings (SSSR count). The first-order chi connectivity index (χ1) is 15.2. The van der Waals surface area contributed by atoms with E-state index in [9.17, 15) is 4.79 Å². The summed E-state index contributed by atoms with van der Waals surface area (Å²) in [5.74, 6) is 0.00768. The molecule has 5 nitrogen and oxygen atoms in total. The van der Waals surface area contributed by atoms with Crippen LogP contribution in [-0.4, -0.2) is 51.9 Å². The van der Waals surface area contributed by atoms with Crippen molar-refractivity contribution in [1.82, 2.24) is 19.8 Å². The minimum Gasteiger partial charge on any atom is -0.337 e. The quantitative estimate of drug-likeness (QED) is 0.645. The lowest BCUT2D eigenvalue weighted by atomic mass is 9.79. The van der Waals surface area contributed by atoms with Gasteiger partial charge in [0, 0.05) is 37.4 Å². The summed E-state index contributed by atoms with van der Waals surface area (Å²) in [4.78, 5) is 25.9. The Morgan fingerprint density at radius 1 is 0.871 bits per heavy atom. The lowest BCUT2D eigenvalue weighted by molar-refractivity contribution is 0.0514. The smallest absolute Gasteiger partial charge is 0.274 e. The summed E-state index contributed by atoms with van der Waals surface area (Å²) < 4.78 is 0. The van der Waals surface area contributed by atoms with Gasteiger partial charge >= 0.3 is 0 Å². The van der Waals surface area contributed by atoms with E-state index in [1.54, 1.807) is 18.6 Å². The van der Waals surface area contributed by atoms with Crippen LogP contribution in [0, 0.1) is 5.41 Å². The number of carbonyl (C=O) groups is 1. The first-order valence-electron chi connectivity index (χ1n) is 11.1. The van der Waals surface area contributed by atoms with Gasteiger partial charge in [0.25, 0.3) is 5.91 Å². The minimum absolute atomic E-state index is 0.00768. The first kappa shape index (κ1) is 19.9. The topological polar surface area (TPSA) is 49.3 Å². The third-order valence-electron chi connectivity index (χ3n) is 6.79. The van der Waals surface area contributed by atoms with Crippen molar-refractivity contribution in [1.29, 1.82) is 0 Å². The van der Waals surface area contributed by atoms with E-state index >= 15 is 0 Å². The number of amides is 1. The van der Waals surface area contributed by atoms with Crippen molar-refractivity contribution < 1.29 is 4.79 Å². The number of aromatic nitrogens is 2. The summed E-state index contributed by atoms with van der Waals surface area (Å²) in [5.41, 5.74) is 3.25. The molecule has 1 aromatic heterocycles. The molecule has 0 unspecified atom stereocenters. The van der Waals surface area contributed by atoms with Gasteiger partial charge in [0.2, 0.25) is 0 Å². The molecular weight excluding hydrogens is 384 g/mol. The van der Waals surface area contributed by atoms with E-state index in [1.165, 1.54) is 17.5 Å². The molecule has 2 saturated heterocycles. The maximum absolute atomic E-state index is 13.0. The zero-order chi connectivity index (χ0) is 21.1. The molecule has 1 spiro atoms. The van der Waals surface area contributed by atoms with Gasteiger partial charge < -0.3 is 4.90 Å². The first-order valence-corrected chi connectivity index (χ1v) is 11.1. The number of piperidine rings is 1. The van der Waals surface area contributed by atoms with Gasteiger partial charge in [-0.1, -0.05) is 60.7 Å². The van der Waals surface area contributed by atoms with Gasteiger partial charge in [-0.2, -0.15) is 0 Å². The molecule has 2 aliphatic heterocycles. The van der Waals surface area contributed by atoms with E-state index in [0.29, 0.717) is 5.69 Å². The molecule has 2 aliphatic rings. The van der Waals surface area contributed by atoms with Gasteiger partial charge in [-0.05, 0) is 36.9 Å². The summed E-state index contributed by atoms with van der Waals surface area (Å²) in [7, 11) is 0. The highest BCUT2D eigenvalue weighted by molar-refractivity contribution is 5.92. The van der Waals surface area contributed by atoms with Gasteiger partial charge in [-0.25, -0.2) is 4.98 Å².